The highest BCUT2D eigenvalue weighted by molar-refractivity contribution is 5.96. The number of alkyl halides is 2. The summed E-state index contributed by atoms with van der Waals surface area (Å²) in [5.41, 5.74) is 1.43. The lowest BCUT2D eigenvalue weighted by Gasteiger charge is -2.19. The zero-order valence-electron chi connectivity index (χ0n) is 15.4. The van der Waals surface area contributed by atoms with Gasteiger partial charge in [-0.1, -0.05) is 0 Å². The number of nitrogens with one attached hydrogen (secondary N) is 1. The molecule has 0 bridgehead atoms. The van der Waals surface area contributed by atoms with E-state index in [4.69, 9.17) is 9.57 Å². The first-order valence-corrected chi connectivity index (χ1v) is 8.44. The van der Waals surface area contributed by atoms with Gasteiger partial charge in [-0.2, -0.15) is 10.0 Å². The van der Waals surface area contributed by atoms with Crippen LogP contribution in [0.1, 0.15) is 41.5 Å². The van der Waals surface area contributed by atoms with Gasteiger partial charge in [-0.15, -0.1) is 0 Å². The minimum Gasteiger partial charge on any atom is -0.472 e. The molecular formula is C18H18F2N4O4. The van der Waals surface area contributed by atoms with Crippen molar-refractivity contribution < 1.29 is 27.9 Å². The zero-order chi connectivity index (χ0) is 20.4. The van der Waals surface area contributed by atoms with Gasteiger partial charge in [0.2, 0.25) is 11.8 Å². The van der Waals surface area contributed by atoms with Gasteiger partial charge in [0.15, 0.2) is 6.61 Å². The molecular weight excluding hydrogens is 374 g/mol. The Kier molecular flexibility index (Phi) is 5.39. The van der Waals surface area contributed by atoms with E-state index in [1.807, 2.05) is 0 Å². The number of halogens is 2. The van der Waals surface area contributed by atoms with E-state index < -0.39 is 25.0 Å². The average molecular weight is 392 g/mol. The topological polar surface area (TPSA) is 93.7 Å². The number of pyridine rings is 2. The van der Waals surface area contributed by atoms with Crippen molar-refractivity contribution in [3.8, 4) is 11.8 Å². The lowest BCUT2D eigenvalue weighted by Crippen LogP contribution is -2.32. The maximum atomic E-state index is 12.9. The number of anilines is 1. The number of carbonyl (C=O) groups excluding carboxylic acids is 2. The number of aryl methyl sites for hydroxylation is 1. The van der Waals surface area contributed by atoms with Gasteiger partial charge in [-0.3, -0.25) is 9.59 Å². The van der Waals surface area contributed by atoms with Crippen molar-refractivity contribution in [3.05, 3.63) is 41.1 Å². The molecule has 8 nitrogen and oxygen atoms in total. The van der Waals surface area contributed by atoms with Crippen molar-refractivity contribution in [1.82, 2.24) is 15.0 Å². The first-order chi connectivity index (χ1) is 13.2. The Hall–Kier alpha value is -3.30. The summed E-state index contributed by atoms with van der Waals surface area (Å²) in [7, 11) is 0. The van der Waals surface area contributed by atoms with E-state index in [9.17, 15) is 18.4 Å². The molecule has 0 aliphatic carbocycles. The van der Waals surface area contributed by atoms with Crippen LogP contribution in [0.3, 0.4) is 0 Å². The standard InChI is InChI=1S/C18H18F2N4O4/c1-9-6-12(7-15(21-9)22-11(3)25)18(26)24-10(2)13-4-5-16(23-17(13)28-24)27-8-14(19)20/h4-7,10,14H,8H2,1-3H3,(H,21,22,25). The summed E-state index contributed by atoms with van der Waals surface area (Å²) >= 11 is 0. The maximum absolute atomic E-state index is 12.9. The minimum atomic E-state index is -2.62. The quantitative estimate of drug-likeness (QED) is 0.841. The number of carbonyl (C=O) groups is 2. The Balaban J connectivity index is 1.81. The van der Waals surface area contributed by atoms with Gasteiger partial charge in [0.1, 0.15) is 5.82 Å². The second kappa shape index (κ2) is 7.75. The van der Waals surface area contributed by atoms with Gasteiger partial charge in [-0.25, -0.2) is 13.8 Å². The fourth-order valence-electron chi connectivity index (χ4n) is 2.73. The number of rotatable bonds is 5. The van der Waals surface area contributed by atoms with Crippen LogP contribution in [0.25, 0.3) is 0 Å². The van der Waals surface area contributed by atoms with E-state index in [0.717, 1.165) is 5.06 Å². The Morgan fingerprint density at radius 1 is 1.32 bits per heavy atom. The fraction of sp³-hybridized carbons (Fsp3) is 0.333. The largest absolute Gasteiger partial charge is 0.472 e. The molecule has 2 amide bonds. The smallest absolute Gasteiger partial charge is 0.287 e. The Morgan fingerprint density at radius 2 is 2.07 bits per heavy atom. The highest BCUT2D eigenvalue weighted by Gasteiger charge is 2.35. The lowest BCUT2D eigenvalue weighted by atomic mass is 10.1. The van der Waals surface area contributed by atoms with E-state index in [-0.39, 0.29) is 29.0 Å². The molecule has 0 saturated carbocycles. The van der Waals surface area contributed by atoms with Crippen molar-refractivity contribution in [2.75, 3.05) is 11.9 Å². The van der Waals surface area contributed by atoms with Gasteiger partial charge in [-0.05, 0) is 32.0 Å². The fourth-order valence-corrected chi connectivity index (χ4v) is 2.73. The van der Waals surface area contributed by atoms with E-state index in [0.29, 0.717) is 11.3 Å². The van der Waals surface area contributed by atoms with Gasteiger partial charge < -0.3 is 14.9 Å². The minimum absolute atomic E-state index is 0.0201. The molecule has 0 fully saturated rings. The second-order valence-corrected chi connectivity index (χ2v) is 6.21. The first kappa shape index (κ1) is 19.5. The number of hydrogen-bond donors (Lipinski definition) is 1. The predicted molar refractivity (Wildman–Crippen MR) is 94.2 cm³/mol. The summed E-state index contributed by atoms with van der Waals surface area (Å²) in [6.45, 7) is 3.99. The van der Waals surface area contributed by atoms with Crippen LogP contribution >= 0.6 is 0 Å². The molecule has 2 aromatic heterocycles. The van der Waals surface area contributed by atoms with Crippen LogP contribution in [0.15, 0.2) is 24.3 Å². The van der Waals surface area contributed by atoms with Crippen LogP contribution in [0.4, 0.5) is 14.6 Å². The van der Waals surface area contributed by atoms with Crippen molar-refractivity contribution in [2.24, 2.45) is 0 Å². The molecule has 1 aliphatic heterocycles. The molecule has 3 heterocycles. The molecule has 0 aromatic carbocycles. The maximum Gasteiger partial charge on any atom is 0.287 e. The number of nitrogens with zero attached hydrogens (tertiary/aromatic N) is 3. The summed E-state index contributed by atoms with van der Waals surface area (Å²) < 4.78 is 29.5. The predicted octanol–water partition coefficient (Wildman–Crippen LogP) is 2.90. The summed E-state index contributed by atoms with van der Waals surface area (Å²) in [5.74, 6) is -0.428. The van der Waals surface area contributed by atoms with Crippen LogP contribution < -0.4 is 14.9 Å². The SMILES string of the molecule is CC(=O)Nc1cc(C(=O)N2Oc3nc(OCC(F)F)ccc3C2C)cc(C)n1. The van der Waals surface area contributed by atoms with E-state index >= 15 is 0 Å². The highest BCUT2D eigenvalue weighted by Crippen LogP contribution is 2.37. The van der Waals surface area contributed by atoms with Crippen LogP contribution in [0.5, 0.6) is 11.8 Å². The van der Waals surface area contributed by atoms with Gasteiger partial charge in [0.05, 0.1) is 6.04 Å². The van der Waals surface area contributed by atoms with E-state index in [1.54, 1.807) is 26.0 Å². The van der Waals surface area contributed by atoms with Gasteiger partial charge in [0, 0.05) is 29.8 Å². The zero-order valence-corrected chi connectivity index (χ0v) is 15.4. The number of ether oxygens (including phenoxy) is 1. The number of aromatic nitrogens is 2. The van der Waals surface area contributed by atoms with Crippen LogP contribution in [0.2, 0.25) is 0 Å². The molecule has 0 radical (unpaired) electrons. The molecule has 1 unspecified atom stereocenters. The van der Waals surface area contributed by atoms with Crippen molar-refractivity contribution in [3.63, 3.8) is 0 Å². The summed E-state index contributed by atoms with van der Waals surface area (Å²) in [4.78, 5) is 37.9. The number of amides is 2. The normalized spacial score (nSPS) is 15.2. The Morgan fingerprint density at radius 3 is 2.75 bits per heavy atom. The molecule has 0 saturated heterocycles. The first-order valence-electron chi connectivity index (χ1n) is 8.44. The summed E-state index contributed by atoms with van der Waals surface area (Å²) in [6.07, 6.45) is -2.62. The van der Waals surface area contributed by atoms with Crippen molar-refractivity contribution >= 4 is 17.6 Å². The molecule has 10 heteroatoms. The summed E-state index contributed by atoms with van der Waals surface area (Å²) in [6, 6.07) is 5.61. The molecule has 1 atom stereocenters. The monoisotopic (exact) mass is 392 g/mol. The van der Waals surface area contributed by atoms with Crippen LogP contribution in [-0.2, 0) is 4.79 Å². The molecule has 2 aromatic rings. The van der Waals surface area contributed by atoms with Crippen molar-refractivity contribution in [1.29, 1.82) is 0 Å². The van der Waals surface area contributed by atoms with E-state index in [2.05, 4.69) is 15.3 Å². The molecule has 1 N–H and O–H groups in total. The molecule has 0 spiro atoms. The molecule has 1 aliphatic rings. The highest BCUT2D eigenvalue weighted by atomic mass is 19.3. The second-order valence-electron chi connectivity index (χ2n) is 6.21. The number of fused-ring (bicyclic) bond motifs is 1. The molecule has 3 rings (SSSR count). The average Bonchev–Trinajstić information content (AvgIpc) is 2.94. The van der Waals surface area contributed by atoms with E-state index in [1.165, 1.54) is 19.1 Å². The van der Waals surface area contributed by atoms with Gasteiger partial charge >= 0.3 is 0 Å². The van der Waals surface area contributed by atoms with Gasteiger partial charge in [0.25, 0.3) is 18.2 Å². The summed E-state index contributed by atoms with van der Waals surface area (Å²) in [5, 5.41) is 3.66. The van der Waals surface area contributed by atoms with Crippen molar-refractivity contribution in [2.45, 2.75) is 33.2 Å². The van der Waals surface area contributed by atoms with Crippen LogP contribution in [-0.4, -0.2) is 39.9 Å². The molecule has 148 valence electrons. The third-order valence-corrected chi connectivity index (χ3v) is 3.91. The van der Waals surface area contributed by atoms with Crippen LogP contribution in [0, 0.1) is 6.92 Å². The molecule has 28 heavy (non-hydrogen) atoms. The third-order valence-electron chi connectivity index (χ3n) is 3.91. The number of hydroxylamine groups is 2. The third kappa shape index (κ3) is 4.16. The lowest BCUT2D eigenvalue weighted by molar-refractivity contribution is -0.114. The Labute approximate surface area is 159 Å². The Bertz CT molecular complexity index is 922. The number of hydrogen-bond acceptors (Lipinski definition) is 6.